The smallest absolute Gasteiger partial charge is 0.345 e. The zero-order valence-electron chi connectivity index (χ0n) is 30.6. The van der Waals surface area contributed by atoms with Crippen LogP contribution in [0.15, 0.2) is 106 Å². The molecule has 9 rings (SSSR count). The van der Waals surface area contributed by atoms with Crippen molar-refractivity contribution in [3.05, 3.63) is 145 Å². The summed E-state index contributed by atoms with van der Waals surface area (Å²) in [7, 11) is 0. The second-order valence-electron chi connectivity index (χ2n) is 12.6. The molecule has 0 fully saturated rings. The molecule has 5 heterocycles. The molecule has 0 amide bonds. The van der Waals surface area contributed by atoms with Crippen molar-refractivity contribution in [2.24, 2.45) is 0 Å². The first-order chi connectivity index (χ1) is 28.1. The van der Waals surface area contributed by atoms with Crippen LogP contribution in [0.2, 0.25) is 5.02 Å². The third-order valence-corrected chi connectivity index (χ3v) is 12.8. The van der Waals surface area contributed by atoms with E-state index in [0.29, 0.717) is 37.8 Å². The predicted molar refractivity (Wildman–Crippen MR) is 226 cm³/mol. The number of ether oxygens (including phenoxy) is 2. The van der Waals surface area contributed by atoms with Gasteiger partial charge < -0.3 is 9.47 Å². The molecular formula is C42H29ClF2N4O6S3. The molecule has 0 saturated heterocycles. The van der Waals surface area contributed by atoms with Crippen LogP contribution >= 0.6 is 46.0 Å². The molecule has 9 aromatic rings. The zero-order valence-corrected chi connectivity index (χ0v) is 33.8. The van der Waals surface area contributed by atoms with Crippen LogP contribution in [0.5, 0.6) is 0 Å². The van der Waals surface area contributed by atoms with Crippen LogP contribution in [0.25, 0.3) is 51.9 Å². The second-order valence-corrected chi connectivity index (χ2v) is 16.3. The molecule has 0 aliphatic rings. The zero-order chi connectivity index (χ0) is 40.7. The molecule has 4 aromatic carbocycles. The summed E-state index contributed by atoms with van der Waals surface area (Å²) in [6, 6.07) is 20.5. The highest BCUT2D eigenvalue weighted by atomic mass is 35.5. The number of carbonyl (C=O) groups excluding carboxylic acids is 2. The topological polar surface area (TPSA) is 121 Å². The number of aryl methyl sites for hydroxylation is 1. The van der Waals surface area contributed by atoms with Gasteiger partial charge in [0, 0.05) is 35.7 Å². The first-order valence-electron chi connectivity index (χ1n) is 17.9. The van der Waals surface area contributed by atoms with Crippen LogP contribution in [0, 0.1) is 11.6 Å². The first-order valence-corrected chi connectivity index (χ1v) is 20.9. The Morgan fingerprint density at radius 2 is 1.28 bits per heavy atom. The number of hydrogen-bond acceptors (Lipinski definition) is 11. The predicted octanol–water partition coefficient (Wildman–Crippen LogP) is 9.74. The van der Waals surface area contributed by atoms with Crippen molar-refractivity contribution >= 4 is 110 Å². The van der Waals surface area contributed by atoms with Crippen molar-refractivity contribution in [2.45, 2.75) is 25.2 Å². The Hall–Kier alpha value is -5.74. The van der Waals surface area contributed by atoms with E-state index in [1.807, 2.05) is 52.9 Å². The minimum absolute atomic E-state index is 0.0620. The van der Waals surface area contributed by atoms with Gasteiger partial charge in [-0.3, -0.25) is 28.4 Å². The average molecular weight is 855 g/mol. The van der Waals surface area contributed by atoms with E-state index in [2.05, 4.69) is 9.97 Å². The summed E-state index contributed by atoms with van der Waals surface area (Å²) in [5, 5.41) is 0.153. The van der Waals surface area contributed by atoms with Crippen molar-refractivity contribution in [3.8, 4) is 0 Å². The lowest BCUT2D eigenvalue weighted by Crippen LogP contribution is -2.20. The molecule has 0 unspecified atom stereocenters. The van der Waals surface area contributed by atoms with Gasteiger partial charge in [0.05, 0.1) is 66.2 Å². The van der Waals surface area contributed by atoms with Gasteiger partial charge >= 0.3 is 11.9 Å². The van der Waals surface area contributed by atoms with E-state index >= 15 is 4.39 Å². The summed E-state index contributed by atoms with van der Waals surface area (Å²) in [5.74, 6) is -2.02. The molecule has 292 valence electrons. The summed E-state index contributed by atoms with van der Waals surface area (Å²) in [6.45, 7) is 3.63. The van der Waals surface area contributed by atoms with E-state index in [9.17, 15) is 23.6 Å². The molecular weight excluding hydrogens is 826 g/mol. The van der Waals surface area contributed by atoms with Crippen molar-refractivity contribution in [3.63, 3.8) is 0 Å². The van der Waals surface area contributed by atoms with E-state index in [1.54, 1.807) is 42.9 Å². The molecule has 16 heteroatoms. The van der Waals surface area contributed by atoms with Gasteiger partial charge in [0.25, 0.3) is 0 Å². The van der Waals surface area contributed by atoms with Crippen LogP contribution in [-0.2, 0) is 15.9 Å². The maximum absolute atomic E-state index is 15.0. The van der Waals surface area contributed by atoms with E-state index in [-0.39, 0.29) is 40.1 Å². The van der Waals surface area contributed by atoms with Crippen LogP contribution in [0.3, 0.4) is 0 Å². The Labute approximate surface area is 344 Å². The summed E-state index contributed by atoms with van der Waals surface area (Å²) >= 11 is 9.93. The highest BCUT2D eigenvalue weighted by Crippen LogP contribution is 2.35. The summed E-state index contributed by atoms with van der Waals surface area (Å²) in [6.07, 6.45) is 5.56. The lowest BCUT2D eigenvalue weighted by atomic mass is 10.1. The van der Waals surface area contributed by atoms with Gasteiger partial charge in [0.2, 0.25) is 10.9 Å². The molecule has 58 heavy (non-hydrogen) atoms. The number of benzene rings is 4. The summed E-state index contributed by atoms with van der Waals surface area (Å²) in [5.41, 5.74) is 2.26. The van der Waals surface area contributed by atoms with E-state index in [1.165, 1.54) is 46.6 Å². The van der Waals surface area contributed by atoms with Crippen molar-refractivity contribution in [2.75, 3.05) is 19.0 Å². The Morgan fingerprint density at radius 1 is 0.741 bits per heavy atom. The Balaban J connectivity index is 0.000000168. The molecule has 0 atom stereocenters. The molecule has 0 aliphatic heterocycles. The number of aromatic nitrogens is 4. The van der Waals surface area contributed by atoms with Gasteiger partial charge in [0.1, 0.15) is 32.4 Å². The second kappa shape index (κ2) is 16.3. The number of thiazole rings is 2. The number of fused-ring (bicyclic) bond motifs is 10. The number of esters is 2. The van der Waals surface area contributed by atoms with Crippen LogP contribution in [0.1, 0.15) is 40.3 Å². The molecule has 0 saturated carbocycles. The van der Waals surface area contributed by atoms with Crippen molar-refractivity contribution < 1.29 is 27.8 Å². The Bertz CT molecular complexity index is 3220. The molecule has 0 radical (unpaired) electrons. The maximum Gasteiger partial charge on any atom is 0.345 e. The van der Waals surface area contributed by atoms with Gasteiger partial charge in [-0.2, -0.15) is 0 Å². The SMILES string of the molecule is CCOC(=O)c1c(=O)c2cc(F)c(Cl)cc2n2c1sc1ccccc12.CCOC(=O)c1c(=O)c2cc(F)c(SCCc3cnccn3)cc2n2c1sc1ccccc12. The lowest BCUT2D eigenvalue weighted by molar-refractivity contribution is 0.0517. The van der Waals surface area contributed by atoms with Gasteiger partial charge in [-0.15, -0.1) is 34.4 Å². The number of thioether (sulfide) groups is 1. The van der Waals surface area contributed by atoms with Crippen molar-refractivity contribution in [1.82, 2.24) is 18.8 Å². The third-order valence-electron chi connectivity index (χ3n) is 9.17. The molecule has 5 aromatic heterocycles. The van der Waals surface area contributed by atoms with Crippen molar-refractivity contribution in [1.29, 1.82) is 0 Å². The monoisotopic (exact) mass is 854 g/mol. The number of para-hydroxylation sites is 2. The van der Waals surface area contributed by atoms with Crippen LogP contribution in [-0.4, -0.2) is 49.7 Å². The highest BCUT2D eigenvalue weighted by Gasteiger charge is 2.25. The summed E-state index contributed by atoms with van der Waals surface area (Å²) < 4.78 is 44.6. The third kappa shape index (κ3) is 6.97. The molecule has 0 bridgehead atoms. The number of carbonyl (C=O) groups is 2. The lowest BCUT2D eigenvalue weighted by Gasteiger charge is -2.11. The first kappa shape index (κ1) is 39.1. The van der Waals surface area contributed by atoms with Gasteiger partial charge in [-0.25, -0.2) is 18.4 Å². The quantitative estimate of drug-likeness (QED) is 0.109. The molecule has 0 spiro atoms. The van der Waals surface area contributed by atoms with E-state index < -0.39 is 34.4 Å². The highest BCUT2D eigenvalue weighted by molar-refractivity contribution is 7.99. The largest absolute Gasteiger partial charge is 0.462 e. The fraction of sp³-hybridized carbons (Fsp3) is 0.143. The minimum atomic E-state index is -0.714. The molecule has 0 aliphatic carbocycles. The molecule has 10 nitrogen and oxygen atoms in total. The fourth-order valence-electron chi connectivity index (χ4n) is 6.66. The Kier molecular flexibility index (Phi) is 11.0. The standard InChI is InChI=1S/C24H18FN3O3S2.C18H11ClFNO3S/c1-2-31-24(30)21-22(29)15-11-16(25)20(32-10-7-14-13-26-8-9-27-14)12-18(15)28-17-5-3-4-6-19(17)33-23(21)28;1-2-24-18(23)15-16(22)9-7-11(20)10(19)8-13(9)21-12-5-3-4-6-14(12)25-17(15)21/h3-6,8-9,11-13H,2,7,10H2,1H3;3-8H,2H2,1H3. The average Bonchev–Trinajstić information content (AvgIpc) is 3.79. The van der Waals surface area contributed by atoms with E-state index in [4.69, 9.17) is 21.1 Å². The van der Waals surface area contributed by atoms with Gasteiger partial charge in [-0.05, 0) is 62.4 Å². The van der Waals surface area contributed by atoms with Gasteiger partial charge in [-0.1, -0.05) is 35.9 Å². The molecule has 0 N–H and O–H groups in total. The normalized spacial score (nSPS) is 11.5. The maximum atomic E-state index is 15.0. The number of rotatable bonds is 8. The van der Waals surface area contributed by atoms with Crippen LogP contribution < -0.4 is 10.9 Å². The van der Waals surface area contributed by atoms with Crippen LogP contribution in [0.4, 0.5) is 8.78 Å². The number of halogens is 3. The Morgan fingerprint density at radius 3 is 1.81 bits per heavy atom. The van der Waals surface area contributed by atoms with Gasteiger partial charge in [0.15, 0.2) is 0 Å². The number of nitrogens with zero attached hydrogens (tertiary/aromatic N) is 4. The number of pyridine rings is 2. The summed E-state index contributed by atoms with van der Waals surface area (Å²) in [4.78, 5) is 61.0. The number of hydrogen-bond donors (Lipinski definition) is 0. The fourth-order valence-corrected chi connectivity index (χ4v) is 10.1. The van der Waals surface area contributed by atoms with E-state index in [0.717, 1.165) is 32.2 Å². The minimum Gasteiger partial charge on any atom is -0.462 e.